The van der Waals surface area contributed by atoms with Crippen molar-refractivity contribution in [3.8, 4) is 21.8 Å². The van der Waals surface area contributed by atoms with Crippen LogP contribution >= 0.6 is 11.3 Å². The molecule has 3 rings (SSSR count). The van der Waals surface area contributed by atoms with E-state index in [1.807, 2.05) is 26.0 Å². The van der Waals surface area contributed by atoms with Crippen molar-refractivity contribution in [2.45, 2.75) is 25.7 Å². The lowest BCUT2D eigenvalue weighted by Gasteiger charge is -2.08. The van der Waals surface area contributed by atoms with Crippen molar-refractivity contribution in [2.75, 3.05) is 6.61 Å². The summed E-state index contributed by atoms with van der Waals surface area (Å²) in [5.41, 5.74) is 3.55. The van der Waals surface area contributed by atoms with Crippen molar-refractivity contribution >= 4 is 21.5 Å². The molecule has 2 aromatic heterocycles. The molecule has 0 saturated carbocycles. The van der Waals surface area contributed by atoms with E-state index in [4.69, 9.17) is 9.17 Å². The number of aromatic nitrogens is 2. The van der Waals surface area contributed by atoms with Crippen LogP contribution in [0.4, 0.5) is 0 Å². The van der Waals surface area contributed by atoms with Gasteiger partial charge >= 0.3 is 0 Å². The lowest BCUT2D eigenvalue weighted by atomic mass is 10.1. The van der Waals surface area contributed by atoms with Crippen LogP contribution in [-0.4, -0.2) is 25.0 Å². The van der Waals surface area contributed by atoms with Crippen molar-refractivity contribution < 1.29 is 12.6 Å². The Bertz CT molecular complexity index is 996. The topological polar surface area (TPSA) is 69.2 Å². The highest BCUT2D eigenvalue weighted by Crippen LogP contribution is 2.35. The summed E-state index contributed by atoms with van der Waals surface area (Å²) in [6.45, 7) is 5.68. The maximum atomic E-state index is 12.2. The summed E-state index contributed by atoms with van der Waals surface area (Å²) in [4.78, 5) is 9.93. The predicted octanol–water partition coefficient (Wildman–Crippen LogP) is 4.21. The van der Waals surface area contributed by atoms with Gasteiger partial charge in [-0.15, -0.1) is 11.3 Å². The lowest BCUT2D eigenvalue weighted by Crippen LogP contribution is -2.06. The van der Waals surface area contributed by atoms with Crippen LogP contribution < -0.4 is 0 Å². The third-order valence-corrected chi connectivity index (χ3v) is 6.15. The average molecular weight is 374 g/mol. The van der Waals surface area contributed by atoms with Gasteiger partial charge in [0.2, 0.25) is 0 Å². The Labute approximate surface area is 151 Å². The minimum Gasteiger partial charge on any atom is -0.267 e. The number of nitrogens with zero attached hydrogens (tertiary/aromatic N) is 2. The first-order valence-corrected chi connectivity index (χ1v) is 10.0. The fourth-order valence-electron chi connectivity index (χ4n) is 2.50. The van der Waals surface area contributed by atoms with Crippen LogP contribution in [0.3, 0.4) is 0 Å². The van der Waals surface area contributed by atoms with Gasteiger partial charge in [-0.05, 0) is 50.6 Å². The highest BCUT2D eigenvalue weighted by atomic mass is 32.2. The highest BCUT2D eigenvalue weighted by molar-refractivity contribution is 7.86. The summed E-state index contributed by atoms with van der Waals surface area (Å²) in [5.74, 6) is 0. The molecule has 1 aromatic carbocycles. The van der Waals surface area contributed by atoms with Gasteiger partial charge in [-0.3, -0.25) is 9.17 Å². The first-order chi connectivity index (χ1) is 11.9. The number of hydrogen-bond acceptors (Lipinski definition) is 6. The first-order valence-electron chi connectivity index (χ1n) is 7.80. The third kappa shape index (κ3) is 3.63. The molecule has 0 aliphatic rings. The Morgan fingerprint density at radius 1 is 1.12 bits per heavy atom. The zero-order chi connectivity index (χ0) is 18.0. The highest BCUT2D eigenvalue weighted by Gasteiger charge is 2.19. The fourth-order valence-corrected chi connectivity index (χ4v) is 4.38. The summed E-state index contributed by atoms with van der Waals surface area (Å²) in [5, 5.41) is 0.882. The van der Waals surface area contributed by atoms with E-state index in [9.17, 15) is 8.42 Å². The van der Waals surface area contributed by atoms with Crippen LogP contribution in [0.5, 0.6) is 0 Å². The number of thiazole rings is 1. The summed E-state index contributed by atoms with van der Waals surface area (Å²) >= 11 is 1.58. The van der Waals surface area contributed by atoms with Gasteiger partial charge in [-0.25, -0.2) is 4.98 Å². The number of hydrogen-bond donors (Lipinski definition) is 0. The largest absolute Gasteiger partial charge is 0.296 e. The molecule has 0 radical (unpaired) electrons. The van der Waals surface area contributed by atoms with Crippen molar-refractivity contribution in [3.05, 3.63) is 53.2 Å². The molecular weight excluding hydrogens is 356 g/mol. The fraction of sp³-hybridized carbons (Fsp3) is 0.222. The van der Waals surface area contributed by atoms with Crippen molar-refractivity contribution in [1.82, 2.24) is 9.97 Å². The van der Waals surface area contributed by atoms with Crippen molar-refractivity contribution in [1.29, 1.82) is 0 Å². The normalized spacial score (nSPS) is 11.6. The van der Waals surface area contributed by atoms with E-state index in [1.165, 1.54) is 0 Å². The first kappa shape index (κ1) is 17.7. The summed E-state index contributed by atoms with van der Waals surface area (Å²) < 4.78 is 29.3. The minimum absolute atomic E-state index is 0.105. The molecule has 0 saturated heterocycles. The minimum atomic E-state index is -3.75. The monoisotopic (exact) mass is 374 g/mol. The SMILES string of the molecule is CCOS(=O)(=O)c1ccc(C)c(-c2nc(-c3ccncc3)sc2C)c1. The maximum absolute atomic E-state index is 12.2. The predicted molar refractivity (Wildman–Crippen MR) is 99.1 cm³/mol. The summed E-state index contributed by atoms with van der Waals surface area (Å²) in [6, 6.07) is 8.80. The molecule has 3 aromatic rings. The van der Waals surface area contributed by atoms with E-state index in [2.05, 4.69) is 4.98 Å². The standard InChI is InChI=1S/C18H18N2O3S2/c1-4-23-25(21,22)15-6-5-12(2)16(11-15)17-13(3)24-18(20-17)14-7-9-19-10-8-14/h5-11H,4H2,1-3H3. The molecule has 0 spiro atoms. The molecule has 0 aliphatic heterocycles. The zero-order valence-corrected chi connectivity index (χ0v) is 15.8. The lowest BCUT2D eigenvalue weighted by molar-refractivity contribution is 0.338. The average Bonchev–Trinajstić information content (AvgIpc) is 2.97. The van der Waals surface area contributed by atoms with Crippen LogP contribution in [0.1, 0.15) is 17.4 Å². The number of benzene rings is 1. The number of pyridine rings is 1. The molecule has 130 valence electrons. The quantitative estimate of drug-likeness (QED) is 0.626. The molecular formula is C18H18N2O3S2. The van der Waals surface area contributed by atoms with Crippen LogP contribution in [0.15, 0.2) is 47.6 Å². The van der Waals surface area contributed by atoms with Gasteiger partial charge in [-0.2, -0.15) is 8.42 Å². The molecule has 0 N–H and O–H groups in total. The molecule has 0 bridgehead atoms. The van der Waals surface area contributed by atoms with Gasteiger partial charge in [0.15, 0.2) is 0 Å². The number of aryl methyl sites for hydroxylation is 2. The van der Waals surface area contributed by atoms with E-state index in [1.54, 1.807) is 48.9 Å². The van der Waals surface area contributed by atoms with E-state index in [0.29, 0.717) is 0 Å². The Morgan fingerprint density at radius 3 is 2.52 bits per heavy atom. The smallest absolute Gasteiger partial charge is 0.267 e. The maximum Gasteiger partial charge on any atom is 0.296 e. The third-order valence-electron chi connectivity index (χ3n) is 3.75. The Morgan fingerprint density at radius 2 is 1.84 bits per heavy atom. The van der Waals surface area contributed by atoms with Gasteiger partial charge in [0.25, 0.3) is 10.1 Å². The van der Waals surface area contributed by atoms with Gasteiger partial charge in [0.05, 0.1) is 17.2 Å². The Kier molecular flexibility index (Phi) is 4.99. The second-order valence-electron chi connectivity index (χ2n) is 5.50. The van der Waals surface area contributed by atoms with Gasteiger partial charge < -0.3 is 0 Å². The van der Waals surface area contributed by atoms with Crippen LogP contribution in [0.2, 0.25) is 0 Å². The van der Waals surface area contributed by atoms with E-state index in [0.717, 1.165) is 32.3 Å². The van der Waals surface area contributed by atoms with E-state index in [-0.39, 0.29) is 11.5 Å². The van der Waals surface area contributed by atoms with Gasteiger partial charge in [0, 0.05) is 28.4 Å². The molecule has 0 atom stereocenters. The van der Waals surface area contributed by atoms with Gasteiger partial charge in [-0.1, -0.05) is 6.07 Å². The second kappa shape index (κ2) is 7.03. The molecule has 0 amide bonds. The molecule has 7 heteroatoms. The molecule has 2 heterocycles. The molecule has 0 unspecified atom stereocenters. The van der Waals surface area contributed by atoms with Gasteiger partial charge in [0.1, 0.15) is 5.01 Å². The van der Waals surface area contributed by atoms with E-state index < -0.39 is 10.1 Å². The van der Waals surface area contributed by atoms with Crippen LogP contribution in [-0.2, 0) is 14.3 Å². The number of rotatable bonds is 5. The zero-order valence-electron chi connectivity index (χ0n) is 14.2. The Balaban J connectivity index is 2.10. The van der Waals surface area contributed by atoms with Crippen LogP contribution in [0.25, 0.3) is 21.8 Å². The summed E-state index contributed by atoms with van der Waals surface area (Å²) in [7, 11) is -3.75. The molecule has 25 heavy (non-hydrogen) atoms. The van der Waals surface area contributed by atoms with Crippen LogP contribution in [0, 0.1) is 13.8 Å². The van der Waals surface area contributed by atoms with Crippen molar-refractivity contribution in [3.63, 3.8) is 0 Å². The molecule has 5 nitrogen and oxygen atoms in total. The van der Waals surface area contributed by atoms with E-state index >= 15 is 0 Å². The Hall–Kier alpha value is -2.09. The molecule has 0 aliphatic carbocycles. The summed E-state index contributed by atoms with van der Waals surface area (Å²) in [6.07, 6.45) is 3.46. The van der Waals surface area contributed by atoms with Crippen molar-refractivity contribution in [2.24, 2.45) is 0 Å². The second-order valence-corrected chi connectivity index (χ2v) is 8.32. The molecule has 0 fully saturated rings.